The normalized spacial score (nSPS) is 18.3. The van der Waals surface area contributed by atoms with Gasteiger partial charge >= 0.3 is 0 Å². The average Bonchev–Trinajstić information content (AvgIpc) is 2.93. The summed E-state index contributed by atoms with van der Waals surface area (Å²) in [5, 5.41) is 6.74. The van der Waals surface area contributed by atoms with Crippen LogP contribution < -0.4 is 15.4 Å². The predicted molar refractivity (Wildman–Crippen MR) is 80.0 cm³/mol. The second-order valence-corrected chi connectivity index (χ2v) is 5.95. The molecule has 1 aromatic carbocycles. The Kier molecular flexibility index (Phi) is 5.54. The van der Waals surface area contributed by atoms with Crippen molar-refractivity contribution in [2.75, 3.05) is 31.3 Å². The van der Waals surface area contributed by atoms with E-state index >= 15 is 0 Å². The number of rotatable bonds is 6. The van der Waals surface area contributed by atoms with Crippen molar-refractivity contribution in [1.82, 2.24) is 5.32 Å². The number of methoxy groups -OCH3 is 1. The molecule has 1 heterocycles. The molecule has 2 N–H and O–H groups in total. The van der Waals surface area contributed by atoms with Crippen LogP contribution in [0.3, 0.4) is 0 Å². The van der Waals surface area contributed by atoms with Gasteiger partial charge in [0.2, 0.25) is 5.91 Å². The van der Waals surface area contributed by atoms with Gasteiger partial charge in [-0.15, -0.1) is 0 Å². The molecule has 0 spiro atoms. The van der Waals surface area contributed by atoms with E-state index in [2.05, 4.69) is 10.6 Å². The monoisotopic (exact) mass is 280 g/mol. The quantitative estimate of drug-likeness (QED) is 0.838. The highest BCUT2D eigenvalue weighted by atomic mass is 32.2. The fourth-order valence-electron chi connectivity index (χ4n) is 2.03. The molecule has 104 valence electrons. The van der Waals surface area contributed by atoms with E-state index in [1.165, 1.54) is 18.6 Å². The summed E-state index contributed by atoms with van der Waals surface area (Å²) in [6, 6.07) is 7.34. The average molecular weight is 280 g/mol. The number of nitrogens with one attached hydrogen (secondary N) is 2. The van der Waals surface area contributed by atoms with Gasteiger partial charge in [0.15, 0.2) is 0 Å². The van der Waals surface area contributed by atoms with Gasteiger partial charge in [-0.1, -0.05) is 0 Å². The van der Waals surface area contributed by atoms with Crippen LogP contribution >= 0.6 is 11.8 Å². The first-order valence-corrected chi connectivity index (χ1v) is 7.59. The lowest BCUT2D eigenvalue weighted by Crippen LogP contribution is -2.32. The van der Waals surface area contributed by atoms with Crippen LogP contribution in [-0.4, -0.2) is 37.1 Å². The number of hydrogen-bond donors (Lipinski definition) is 2. The van der Waals surface area contributed by atoms with Crippen LogP contribution in [0.4, 0.5) is 5.69 Å². The second kappa shape index (κ2) is 7.40. The Morgan fingerprint density at radius 1 is 1.42 bits per heavy atom. The number of amides is 1. The summed E-state index contributed by atoms with van der Waals surface area (Å²) in [6.45, 7) is 1.28. The number of ether oxygens (including phenoxy) is 1. The topological polar surface area (TPSA) is 50.4 Å². The summed E-state index contributed by atoms with van der Waals surface area (Å²) >= 11 is 1.99. The predicted octanol–water partition coefficient (Wildman–Crippen LogP) is 2.12. The summed E-state index contributed by atoms with van der Waals surface area (Å²) in [6.07, 6.45) is 2.56. The Bertz CT molecular complexity index is 402. The highest BCUT2D eigenvalue weighted by Crippen LogP contribution is 2.25. The molecule has 0 bridgehead atoms. The first kappa shape index (κ1) is 14.2. The molecule has 0 saturated carbocycles. The number of anilines is 1. The van der Waals surface area contributed by atoms with Crippen molar-refractivity contribution in [2.24, 2.45) is 0 Å². The molecule has 5 heteroatoms. The van der Waals surface area contributed by atoms with E-state index < -0.39 is 0 Å². The molecule has 1 saturated heterocycles. The van der Waals surface area contributed by atoms with E-state index in [4.69, 9.17) is 4.74 Å². The molecular weight excluding hydrogens is 260 g/mol. The first-order chi connectivity index (χ1) is 9.28. The van der Waals surface area contributed by atoms with E-state index in [1.807, 2.05) is 36.0 Å². The Labute approximate surface area is 118 Å². The standard InChI is InChI=1S/C14H20N2O2S/c1-18-12-6-4-11(5-7-12)16-14(17)10-15-9-13-3-2-8-19-13/h4-7,13,15H,2-3,8-10H2,1H3,(H,16,17). The molecular formula is C14H20N2O2S. The van der Waals surface area contributed by atoms with Crippen molar-refractivity contribution < 1.29 is 9.53 Å². The third kappa shape index (κ3) is 4.76. The van der Waals surface area contributed by atoms with Crippen molar-refractivity contribution in [3.63, 3.8) is 0 Å². The van der Waals surface area contributed by atoms with Crippen LogP contribution in [0.1, 0.15) is 12.8 Å². The number of benzene rings is 1. The number of thioether (sulfide) groups is 1. The van der Waals surface area contributed by atoms with E-state index in [9.17, 15) is 4.79 Å². The number of hydrogen-bond acceptors (Lipinski definition) is 4. The molecule has 4 nitrogen and oxygen atoms in total. The lowest BCUT2D eigenvalue weighted by molar-refractivity contribution is -0.115. The molecule has 19 heavy (non-hydrogen) atoms. The van der Waals surface area contributed by atoms with Crippen LogP contribution in [-0.2, 0) is 4.79 Å². The van der Waals surface area contributed by atoms with Gasteiger partial charge < -0.3 is 15.4 Å². The third-order valence-corrected chi connectivity index (χ3v) is 4.45. The van der Waals surface area contributed by atoms with Gasteiger partial charge in [0.25, 0.3) is 0 Å². The van der Waals surface area contributed by atoms with E-state index in [1.54, 1.807) is 7.11 Å². The Balaban J connectivity index is 1.68. The molecule has 2 rings (SSSR count). The zero-order valence-corrected chi connectivity index (χ0v) is 12.0. The van der Waals surface area contributed by atoms with Gasteiger partial charge in [0, 0.05) is 17.5 Å². The Hall–Kier alpha value is -1.20. The van der Waals surface area contributed by atoms with Crippen molar-refractivity contribution in [3.05, 3.63) is 24.3 Å². The highest BCUT2D eigenvalue weighted by Gasteiger charge is 2.15. The maximum atomic E-state index is 11.7. The maximum absolute atomic E-state index is 11.7. The molecule has 1 atom stereocenters. The lowest BCUT2D eigenvalue weighted by atomic mass is 10.2. The molecule has 1 aliphatic heterocycles. The van der Waals surface area contributed by atoms with Crippen molar-refractivity contribution >= 4 is 23.4 Å². The lowest BCUT2D eigenvalue weighted by Gasteiger charge is -2.10. The van der Waals surface area contributed by atoms with Gasteiger partial charge in [-0.2, -0.15) is 11.8 Å². The molecule has 0 aliphatic carbocycles. The maximum Gasteiger partial charge on any atom is 0.238 e. The van der Waals surface area contributed by atoms with Crippen molar-refractivity contribution in [3.8, 4) is 5.75 Å². The summed E-state index contributed by atoms with van der Waals surface area (Å²) < 4.78 is 5.07. The van der Waals surface area contributed by atoms with Gasteiger partial charge in [0.1, 0.15) is 5.75 Å². The minimum absolute atomic E-state index is 0.00633. The van der Waals surface area contributed by atoms with Gasteiger partial charge in [-0.25, -0.2) is 0 Å². The summed E-state index contributed by atoms with van der Waals surface area (Å²) in [4.78, 5) is 11.7. The zero-order valence-electron chi connectivity index (χ0n) is 11.1. The number of carbonyl (C=O) groups excluding carboxylic acids is 1. The number of carbonyl (C=O) groups is 1. The molecule has 1 amide bonds. The molecule has 1 aliphatic rings. The smallest absolute Gasteiger partial charge is 0.238 e. The van der Waals surface area contributed by atoms with Crippen LogP contribution in [0.2, 0.25) is 0 Å². The minimum Gasteiger partial charge on any atom is -0.497 e. The van der Waals surface area contributed by atoms with Crippen LogP contribution in [0.15, 0.2) is 24.3 Å². The largest absolute Gasteiger partial charge is 0.497 e. The molecule has 0 aromatic heterocycles. The molecule has 1 fully saturated rings. The fraction of sp³-hybridized carbons (Fsp3) is 0.500. The van der Waals surface area contributed by atoms with Gasteiger partial charge in [-0.05, 0) is 42.9 Å². The van der Waals surface area contributed by atoms with Crippen molar-refractivity contribution in [2.45, 2.75) is 18.1 Å². The highest BCUT2D eigenvalue weighted by molar-refractivity contribution is 8.00. The van der Waals surface area contributed by atoms with Crippen molar-refractivity contribution in [1.29, 1.82) is 0 Å². The Morgan fingerprint density at radius 2 is 2.21 bits per heavy atom. The van der Waals surface area contributed by atoms with Crippen LogP contribution in [0.25, 0.3) is 0 Å². The molecule has 0 radical (unpaired) electrons. The molecule has 1 aromatic rings. The van der Waals surface area contributed by atoms with Crippen LogP contribution in [0.5, 0.6) is 5.75 Å². The Morgan fingerprint density at radius 3 is 2.84 bits per heavy atom. The first-order valence-electron chi connectivity index (χ1n) is 6.54. The van der Waals surface area contributed by atoms with Gasteiger partial charge in [0.05, 0.1) is 13.7 Å². The van der Waals surface area contributed by atoms with Gasteiger partial charge in [-0.3, -0.25) is 4.79 Å². The summed E-state index contributed by atoms with van der Waals surface area (Å²) in [5.41, 5.74) is 0.794. The summed E-state index contributed by atoms with van der Waals surface area (Å²) in [5.74, 6) is 2.03. The fourth-order valence-corrected chi connectivity index (χ4v) is 3.27. The zero-order chi connectivity index (χ0) is 13.5. The summed E-state index contributed by atoms with van der Waals surface area (Å²) in [7, 11) is 1.62. The van der Waals surface area contributed by atoms with Crippen LogP contribution in [0, 0.1) is 0 Å². The minimum atomic E-state index is -0.00633. The molecule has 1 unspecified atom stereocenters. The van der Waals surface area contributed by atoms with E-state index in [-0.39, 0.29) is 5.91 Å². The second-order valence-electron chi connectivity index (χ2n) is 4.54. The SMILES string of the molecule is COc1ccc(NC(=O)CNCC2CCCS2)cc1. The van der Waals surface area contributed by atoms with E-state index in [0.29, 0.717) is 11.8 Å². The third-order valence-electron chi connectivity index (χ3n) is 3.06. The van der Waals surface area contributed by atoms with E-state index in [0.717, 1.165) is 18.0 Å².